The molecule has 6 nitrogen and oxygen atoms in total. The number of carbonyl (C=O) groups is 2. The first kappa shape index (κ1) is 25.3. The van der Waals surface area contributed by atoms with Gasteiger partial charge in [0, 0.05) is 29.8 Å². The van der Waals surface area contributed by atoms with E-state index in [-0.39, 0.29) is 28.9 Å². The van der Waals surface area contributed by atoms with Crippen molar-refractivity contribution in [2.24, 2.45) is 16.3 Å². The molecule has 1 amide bonds. The quantitative estimate of drug-likeness (QED) is 0.513. The van der Waals surface area contributed by atoms with Gasteiger partial charge in [-0.25, -0.2) is 4.99 Å². The fraction of sp³-hybridized carbons (Fsp3) is 0.400. The fourth-order valence-electron chi connectivity index (χ4n) is 5.95. The number of nitrogens with zero attached hydrogens (tertiary/aromatic N) is 3. The normalized spacial score (nSPS) is 24.2. The molecule has 0 unspecified atom stereocenters. The third kappa shape index (κ3) is 4.71. The molecule has 2 aromatic rings. The first-order valence-electron chi connectivity index (χ1n) is 12.6. The number of hydrogen-bond donors (Lipinski definition) is 0. The Morgan fingerprint density at radius 3 is 2.59 bits per heavy atom. The molecule has 0 bridgehead atoms. The molecule has 5 rings (SSSR count). The minimum Gasteiger partial charge on any atom is -0.497 e. The van der Waals surface area contributed by atoms with Crippen LogP contribution in [0.25, 0.3) is 0 Å². The minimum atomic E-state index is -0.457. The van der Waals surface area contributed by atoms with Gasteiger partial charge in [0.1, 0.15) is 16.6 Å². The van der Waals surface area contributed by atoms with E-state index in [2.05, 4.69) is 32.9 Å². The number of nitriles is 1. The van der Waals surface area contributed by atoms with Crippen molar-refractivity contribution >= 4 is 34.9 Å². The number of allylic oxidation sites excluding steroid dienone is 1. The average Bonchev–Trinajstić information content (AvgIpc) is 3.21. The number of ether oxygens (including phenoxy) is 1. The lowest BCUT2D eigenvalue weighted by atomic mass is 9.64. The molecule has 190 valence electrons. The van der Waals surface area contributed by atoms with E-state index in [0.29, 0.717) is 29.2 Å². The van der Waals surface area contributed by atoms with Crippen LogP contribution in [0.2, 0.25) is 0 Å². The van der Waals surface area contributed by atoms with Gasteiger partial charge in [-0.2, -0.15) is 5.26 Å². The number of carbonyl (C=O) groups excluding carboxylic acids is 2. The molecule has 0 spiro atoms. The van der Waals surface area contributed by atoms with Gasteiger partial charge in [0.15, 0.2) is 0 Å². The zero-order chi connectivity index (χ0) is 26.3. The van der Waals surface area contributed by atoms with E-state index < -0.39 is 11.8 Å². The average molecular weight is 514 g/mol. The summed E-state index contributed by atoms with van der Waals surface area (Å²) in [5.74, 6) is 0.125. The van der Waals surface area contributed by atoms with Gasteiger partial charge in [0.05, 0.1) is 30.4 Å². The highest BCUT2D eigenvalue weighted by Crippen LogP contribution is 2.48. The van der Waals surface area contributed by atoms with Gasteiger partial charge >= 0.3 is 0 Å². The van der Waals surface area contributed by atoms with Crippen molar-refractivity contribution in [3.63, 3.8) is 0 Å². The molecular formula is C30H31N3O3S. The van der Waals surface area contributed by atoms with E-state index in [1.54, 1.807) is 7.11 Å². The molecule has 0 N–H and O–H groups in total. The summed E-state index contributed by atoms with van der Waals surface area (Å²) in [5.41, 5.74) is 4.10. The number of ketones is 1. The third-order valence-corrected chi connectivity index (χ3v) is 8.52. The van der Waals surface area contributed by atoms with Gasteiger partial charge in [-0.3, -0.25) is 9.59 Å². The molecule has 0 saturated heterocycles. The van der Waals surface area contributed by atoms with Crippen LogP contribution in [0.1, 0.15) is 50.7 Å². The Morgan fingerprint density at radius 1 is 1.16 bits per heavy atom. The Kier molecular flexibility index (Phi) is 6.72. The first-order chi connectivity index (χ1) is 17.7. The summed E-state index contributed by atoms with van der Waals surface area (Å²) in [6.07, 6.45) is 1.97. The second-order valence-electron chi connectivity index (χ2n) is 10.9. The van der Waals surface area contributed by atoms with Crippen LogP contribution in [-0.2, 0) is 16.0 Å². The highest BCUT2D eigenvalue weighted by molar-refractivity contribution is 8.03. The summed E-state index contributed by atoms with van der Waals surface area (Å²) >= 11 is 1.31. The zero-order valence-electron chi connectivity index (χ0n) is 21.7. The van der Waals surface area contributed by atoms with Crippen LogP contribution in [-0.4, -0.2) is 36.3 Å². The number of fused-ring (bicyclic) bond motifs is 2. The Morgan fingerprint density at radius 2 is 1.89 bits per heavy atom. The third-order valence-electron chi connectivity index (χ3n) is 7.54. The monoisotopic (exact) mass is 513 g/mol. The predicted octanol–water partition coefficient (Wildman–Crippen LogP) is 5.68. The molecule has 2 aliphatic heterocycles. The van der Waals surface area contributed by atoms with Gasteiger partial charge in [0.25, 0.3) is 0 Å². The van der Waals surface area contributed by atoms with Crippen molar-refractivity contribution in [2.75, 3.05) is 17.8 Å². The number of benzene rings is 2. The van der Waals surface area contributed by atoms with E-state index in [0.717, 1.165) is 23.4 Å². The van der Waals surface area contributed by atoms with Crippen LogP contribution < -0.4 is 9.64 Å². The van der Waals surface area contributed by atoms with E-state index >= 15 is 0 Å². The summed E-state index contributed by atoms with van der Waals surface area (Å²) < 4.78 is 5.32. The largest absolute Gasteiger partial charge is 0.497 e. The molecule has 1 saturated carbocycles. The van der Waals surface area contributed by atoms with Crippen molar-refractivity contribution in [3.05, 3.63) is 70.3 Å². The van der Waals surface area contributed by atoms with Crippen LogP contribution in [0, 0.1) is 22.7 Å². The van der Waals surface area contributed by atoms with E-state index in [4.69, 9.17) is 9.73 Å². The van der Waals surface area contributed by atoms with Gasteiger partial charge < -0.3 is 9.64 Å². The second kappa shape index (κ2) is 9.83. The van der Waals surface area contributed by atoms with E-state index in [1.807, 2.05) is 47.4 Å². The summed E-state index contributed by atoms with van der Waals surface area (Å²) in [5, 5.41) is 10.8. The van der Waals surface area contributed by atoms with Crippen LogP contribution in [0.5, 0.6) is 5.75 Å². The van der Waals surface area contributed by atoms with Gasteiger partial charge in [0.2, 0.25) is 5.91 Å². The number of para-hydroxylation sites is 1. The summed E-state index contributed by atoms with van der Waals surface area (Å²) in [4.78, 5) is 33.6. The molecule has 3 atom stereocenters. The molecule has 0 radical (unpaired) electrons. The maximum Gasteiger partial charge on any atom is 0.237 e. The number of methoxy groups -OCH3 is 1. The smallest absolute Gasteiger partial charge is 0.237 e. The first-order valence-corrected chi connectivity index (χ1v) is 13.6. The standard InChI is InChI=1S/C30H31N3O3S/c1-18-13-20-7-5-6-8-24(20)33(18)26(35)17-37-29-22(16-31)27(19-9-11-21(36-4)12-10-19)28-23(32-29)14-30(2,3)15-25(28)34/h5-12,18,27-28H,13-15,17H2,1-4H3/t18-,27+,28-/m0/s1. The molecule has 1 aliphatic carbocycles. The summed E-state index contributed by atoms with van der Waals surface area (Å²) in [6, 6.07) is 18.0. The number of aliphatic imine (C=N–C) groups is 1. The fourth-order valence-corrected chi connectivity index (χ4v) is 6.86. The lowest BCUT2D eigenvalue weighted by molar-refractivity contribution is -0.124. The van der Waals surface area contributed by atoms with E-state index in [9.17, 15) is 14.9 Å². The van der Waals surface area contributed by atoms with Gasteiger partial charge in [-0.1, -0.05) is 55.9 Å². The van der Waals surface area contributed by atoms with E-state index in [1.165, 1.54) is 17.3 Å². The van der Waals surface area contributed by atoms with Crippen LogP contribution in [0.3, 0.4) is 0 Å². The molecule has 1 fully saturated rings. The highest BCUT2D eigenvalue weighted by atomic mass is 32.2. The minimum absolute atomic E-state index is 0.00406. The topological polar surface area (TPSA) is 82.8 Å². The summed E-state index contributed by atoms with van der Waals surface area (Å²) in [6.45, 7) is 6.22. The number of thioether (sulfide) groups is 1. The maximum atomic E-state index is 13.4. The van der Waals surface area contributed by atoms with Crippen molar-refractivity contribution < 1.29 is 14.3 Å². The molecule has 2 aromatic carbocycles. The number of amides is 1. The molecular weight excluding hydrogens is 482 g/mol. The number of hydrogen-bond acceptors (Lipinski definition) is 6. The van der Waals surface area contributed by atoms with Crippen LogP contribution in [0.4, 0.5) is 5.69 Å². The highest BCUT2D eigenvalue weighted by Gasteiger charge is 2.46. The molecule has 3 aliphatic rings. The van der Waals surface area contributed by atoms with Gasteiger partial charge in [-0.05, 0) is 54.5 Å². The van der Waals surface area contributed by atoms with Crippen molar-refractivity contribution in [2.45, 2.75) is 52.0 Å². The Labute approximate surface area is 222 Å². The predicted molar refractivity (Wildman–Crippen MR) is 147 cm³/mol. The SMILES string of the molecule is COc1ccc([C@@H]2C(C#N)=C(SCC(=O)N3c4ccccc4C[C@@H]3C)N=C3CC(C)(C)CC(=O)[C@H]32)cc1. The van der Waals surface area contributed by atoms with Crippen molar-refractivity contribution in [3.8, 4) is 11.8 Å². The molecule has 7 heteroatoms. The van der Waals surface area contributed by atoms with Crippen molar-refractivity contribution in [1.82, 2.24) is 0 Å². The number of rotatable bonds is 5. The lowest BCUT2D eigenvalue weighted by Crippen LogP contribution is -2.43. The maximum absolute atomic E-state index is 13.4. The van der Waals surface area contributed by atoms with Crippen LogP contribution >= 0.6 is 11.8 Å². The Hall–Kier alpha value is -3.37. The lowest BCUT2D eigenvalue weighted by Gasteiger charge is -2.40. The van der Waals surface area contributed by atoms with Gasteiger partial charge in [-0.15, -0.1) is 0 Å². The zero-order valence-corrected chi connectivity index (χ0v) is 22.5. The number of anilines is 1. The molecule has 37 heavy (non-hydrogen) atoms. The Bertz CT molecular complexity index is 1350. The molecule has 2 heterocycles. The number of Topliss-reactive ketones (excluding diaryl/α,β-unsaturated/α-hetero) is 1. The van der Waals surface area contributed by atoms with Crippen molar-refractivity contribution in [1.29, 1.82) is 5.26 Å². The Balaban J connectivity index is 1.49. The summed E-state index contributed by atoms with van der Waals surface area (Å²) in [7, 11) is 1.61. The molecule has 0 aromatic heterocycles. The second-order valence-corrected chi connectivity index (χ2v) is 11.8. The van der Waals surface area contributed by atoms with Crippen LogP contribution in [0.15, 0.2) is 64.1 Å².